The normalized spacial score (nSPS) is 25.1. The van der Waals surface area contributed by atoms with Gasteiger partial charge in [-0.15, -0.1) is 0 Å². The van der Waals surface area contributed by atoms with E-state index in [0.717, 1.165) is 37.3 Å². The molecular weight excluding hydrogens is 212 g/mol. The quantitative estimate of drug-likeness (QED) is 0.852. The third-order valence-corrected chi connectivity index (χ3v) is 3.76. The van der Waals surface area contributed by atoms with Gasteiger partial charge in [-0.2, -0.15) is 5.10 Å². The maximum Gasteiger partial charge on any atom is 0.140 e. The van der Waals surface area contributed by atoms with Crippen molar-refractivity contribution in [1.29, 1.82) is 0 Å². The van der Waals surface area contributed by atoms with Crippen molar-refractivity contribution in [3.63, 3.8) is 0 Å². The molecule has 4 nitrogen and oxygen atoms in total. The van der Waals surface area contributed by atoms with Crippen LogP contribution in [0.1, 0.15) is 45.4 Å². The van der Waals surface area contributed by atoms with E-state index in [2.05, 4.69) is 29.2 Å². The third-order valence-electron chi connectivity index (χ3n) is 3.76. The lowest BCUT2D eigenvalue weighted by Gasteiger charge is -2.26. The molecule has 1 saturated carbocycles. The smallest absolute Gasteiger partial charge is 0.140 e. The van der Waals surface area contributed by atoms with Crippen LogP contribution in [0.4, 0.5) is 0 Å². The van der Waals surface area contributed by atoms with E-state index in [4.69, 9.17) is 0 Å². The van der Waals surface area contributed by atoms with Crippen molar-refractivity contribution >= 4 is 0 Å². The van der Waals surface area contributed by atoms with Gasteiger partial charge in [0.2, 0.25) is 0 Å². The van der Waals surface area contributed by atoms with E-state index in [1.807, 2.05) is 4.68 Å². The van der Waals surface area contributed by atoms with Gasteiger partial charge in [0.1, 0.15) is 12.2 Å². The summed E-state index contributed by atoms with van der Waals surface area (Å²) in [5, 5.41) is 7.71. The van der Waals surface area contributed by atoms with Gasteiger partial charge in [-0.25, -0.2) is 9.67 Å². The zero-order valence-electron chi connectivity index (χ0n) is 11.0. The minimum absolute atomic E-state index is 0.846. The number of nitrogens with one attached hydrogen (secondary N) is 1. The van der Waals surface area contributed by atoms with Gasteiger partial charge in [0.25, 0.3) is 0 Å². The SMILES string of the molecule is CCn1ncnc1CNCC1CCCC(C)C1. The number of hydrogen-bond acceptors (Lipinski definition) is 3. The topological polar surface area (TPSA) is 42.7 Å². The second-order valence-corrected chi connectivity index (χ2v) is 5.26. The van der Waals surface area contributed by atoms with Gasteiger partial charge in [-0.05, 0) is 38.1 Å². The molecule has 0 radical (unpaired) electrons. The average molecular weight is 236 g/mol. The van der Waals surface area contributed by atoms with Crippen molar-refractivity contribution in [3.8, 4) is 0 Å². The number of aryl methyl sites for hydroxylation is 1. The van der Waals surface area contributed by atoms with Gasteiger partial charge in [0.15, 0.2) is 0 Å². The van der Waals surface area contributed by atoms with Crippen LogP contribution >= 0.6 is 0 Å². The summed E-state index contributed by atoms with van der Waals surface area (Å²) >= 11 is 0. The predicted molar refractivity (Wildman–Crippen MR) is 68.5 cm³/mol. The van der Waals surface area contributed by atoms with Crippen molar-refractivity contribution in [3.05, 3.63) is 12.2 Å². The molecule has 0 spiro atoms. The lowest BCUT2D eigenvalue weighted by Crippen LogP contribution is -2.27. The predicted octanol–water partition coefficient (Wildman–Crippen LogP) is 2.21. The number of hydrogen-bond donors (Lipinski definition) is 1. The molecule has 4 heteroatoms. The molecule has 1 aromatic rings. The van der Waals surface area contributed by atoms with Crippen LogP contribution in [0.2, 0.25) is 0 Å². The van der Waals surface area contributed by atoms with Crippen LogP contribution in [0, 0.1) is 11.8 Å². The first-order chi connectivity index (χ1) is 8.29. The van der Waals surface area contributed by atoms with E-state index in [-0.39, 0.29) is 0 Å². The lowest BCUT2D eigenvalue weighted by molar-refractivity contribution is 0.273. The highest BCUT2D eigenvalue weighted by Gasteiger charge is 2.18. The summed E-state index contributed by atoms with van der Waals surface area (Å²) in [6.45, 7) is 7.35. The second kappa shape index (κ2) is 6.15. The minimum Gasteiger partial charge on any atom is -0.310 e. The first kappa shape index (κ1) is 12.6. The molecule has 1 heterocycles. The molecule has 2 unspecified atom stereocenters. The maximum absolute atomic E-state index is 4.27. The highest BCUT2D eigenvalue weighted by molar-refractivity contribution is 4.84. The zero-order chi connectivity index (χ0) is 12.1. The molecule has 0 aromatic carbocycles. The van der Waals surface area contributed by atoms with Crippen LogP contribution in [-0.2, 0) is 13.1 Å². The Kier molecular flexibility index (Phi) is 4.54. The third kappa shape index (κ3) is 3.53. The molecule has 0 aliphatic heterocycles. The summed E-state index contributed by atoms with van der Waals surface area (Å²) < 4.78 is 1.95. The molecule has 96 valence electrons. The summed E-state index contributed by atoms with van der Waals surface area (Å²) in [5.41, 5.74) is 0. The van der Waals surface area contributed by atoms with Crippen molar-refractivity contribution < 1.29 is 0 Å². The van der Waals surface area contributed by atoms with Gasteiger partial charge in [-0.3, -0.25) is 0 Å². The highest BCUT2D eigenvalue weighted by atomic mass is 15.3. The van der Waals surface area contributed by atoms with E-state index >= 15 is 0 Å². The van der Waals surface area contributed by atoms with Gasteiger partial charge in [-0.1, -0.05) is 19.8 Å². The Labute approximate surface area is 104 Å². The van der Waals surface area contributed by atoms with Gasteiger partial charge < -0.3 is 5.32 Å². The van der Waals surface area contributed by atoms with Gasteiger partial charge >= 0.3 is 0 Å². The van der Waals surface area contributed by atoms with E-state index in [1.54, 1.807) is 6.33 Å². The number of nitrogens with zero attached hydrogens (tertiary/aromatic N) is 3. The summed E-state index contributed by atoms with van der Waals surface area (Å²) in [4.78, 5) is 4.27. The Morgan fingerprint density at radius 1 is 1.47 bits per heavy atom. The molecule has 0 amide bonds. The zero-order valence-corrected chi connectivity index (χ0v) is 11.0. The first-order valence-corrected chi connectivity index (χ1v) is 6.87. The maximum atomic E-state index is 4.27. The molecule has 1 aliphatic rings. The second-order valence-electron chi connectivity index (χ2n) is 5.26. The molecule has 1 aliphatic carbocycles. The van der Waals surface area contributed by atoms with Crippen molar-refractivity contribution in [1.82, 2.24) is 20.1 Å². The van der Waals surface area contributed by atoms with Crippen molar-refractivity contribution in [2.45, 2.75) is 52.6 Å². The highest BCUT2D eigenvalue weighted by Crippen LogP contribution is 2.27. The monoisotopic (exact) mass is 236 g/mol. The summed E-state index contributed by atoms with van der Waals surface area (Å²) in [5.74, 6) is 2.82. The van der Waals surface area contributed by atoms with Crippen molar-refractivity contribution in [2.24, 2.45) is 11.8 Å². The standard InChI is InChI=1S/C13H24N4/c1-3-17-13(15-10-16-17)9-14-8-12-6-4-5-11(2)7-12/h10-12,14H,3-9H2,1-2H3. The van der Waals surface area contributed by atoms with E-state index in [9.17, 15) is 0 Å². The molecule has 1 N–H and O–H groups in total. The van der Waals surface area contributed by atoms with Crippen LogP contribution in [-0.4, -0.2) is 21.3 Å². The van der Waals surface area contributed by atoms with Crippen LogP contribution in [0.15, 0.2) is 6.33 Å². The Bertz CT molecular complexity index is 334. The van der Waals surface area contributed by atoms with Crippen LogP contribution in [0.5, 0.6) is 0 Å². The fourth-order valence-electron chi connectivity index (χ4n) is 2.82. The molecule has 1 aromatic heterocycles. The number of rotatable bonds is 5. The molecule has 0 bridgehead atoms. The fourth-order valence-corrected chi connectivity index (χ4v) is 2.82. The summed E-state index contributed by atoms with van der Waals surface area (Å²) in [6, 6.07) is 0. The van der Waals surface area contributed by atoms with E-state index in [0.29, 0.717) is 0 Å². The fraction of sp³-hybridized carbons (Fsp3) is 0.846. The molecule has 17 heavy (non-hydrogen) atoms. The largest absolute Gasteiger partial charge is 0.310 e. The number of aromatic nitrogens is 3. The Morgan fingerprint density at radius 3 is 3.12 bits per heavy atom. The average Bonchev–Trinajstić information content (AvgIpc) is 2.77. The van der Waals surface area contributed by atoms with E-state index in [1.165, 1.54) is 25.7 Å². The van der Waals surface area contributed by atoms with Crippen molar-refractivity contribution in [2.75, 3.05) is 6.54 Å². The van der Waals surface area contributed by atoms with Crippen LogP contribution in [0.3, 0.4) is 0 Å². The van der Waals surface area contributed by atoms with Crippen LogP contribution in [0.25, 0.3) is 0 Å². The van der Waals surface area contributed by atoms with Crippen LogP contribution < -0.4 is 5.32 Å². The van der Waals surface area contributed by atoms with E-state index < -0.39 is 0 Å². The lowest BCUT2D eigenvalue weighted by atomic mass is 9.82. The van der Waals surface area contributed by atoms with Gasteiger partial charge in [0, 0.05) is 6.54 Å². The Hall–Kier alpha value is -0.900. The first-order valence-electron chi connectivity index (χ1n) is 6.87. The minimum atomic E-state index is 0.846. The molecule has 2 atom stereocenters. The Balaban J connectivity index is 1.72. The summed E-state index contributed by atoms with van der Waals surface area (Å²) in [6.07, 6.45) is 7.23. The molecule has 2 rings (SSSR count). The molecular formula is C13H24N4. The van der Waals surface area contributed by atoms with Gasteiger partial charge in [0.05, 0.1) is 6.54 Å². The Morgan fingerprint density at radius 2 is 2.35 bits per heavy atom. The molecule has 1 fully saturated rings. The summed E-state index contributed by atoms with van der Waals surface area (Å²) in [7, 11) is 0. The molecule has 0 saturated heterocycles.